The molecule has 178 valence electrons. The van der Waals surface area contributed by atoms with Crippen LogP contribution >= 0.6 is 0 Å². The average molecular weight is 455 g/mol. The van der Waals surface area contributed by atoms with Crippen LogP contribution in [0.15, 0.2) is 23.0 Å². The Morgan fingerprint density at radius 1 is 0.909 bits per heavy atom. The maximum Gasteiger partial charge on any atom is 0.329 e. The van der Waals surface area contributed by atoms with Crippen molar-refractivity contribution >= 4 is 22.8 Å². The number of fused-ring (bicyclic) bond motifs is 1. The van der Waals surface area contributed by atoms with Crippen LogP contribution in [0.3, 0.4) is 0 Å². The van der Waals surface area contributed by atoms with Crippen LogP contribution in [0.1, 0.15) is 43.2 Å². The molecule has 1 atom stereocenters. The third-order valence-electron chi connectivity index (χ3n) is 7.64. The largest absolute Gasteiger partial charge is 0.329 e. The second kappa shape index (κ2) is 9.40. The van der Waals surface area contributed by atoms with Gasteiger partial charge in [-0.25, -0.2) is 4.79 Å². The fourth-order valence-electron chi connectivity index (χ4n) is 5.57. The van der Waals surface area contributed by atoms with E-state index in [0.29, 0.717) is 12.3 Å². The number of nitrogens with zero attached hydrogens (tertiary/aromatic N) is 4. The normalized spacial score (nSPS) is 23.8. The van der Waals surface area contributed by atoms with E-state index in [1.165, 1.54) is 5.56 Å². The van der Waals surface area contributed by atoms with Gasteiger partial charge in [0.25, 0.3) is 0 Å². The first-order valence-corrected chi connectivity index (χ1v) is 12.2. The summed E-state index contributed by atoms with van der Waals surface area (Å²) in [4.78, 5) is 42.0. The van der Waals surface area contributed by atoms with Crippen molar-refractivity contribution in [2.45, 2.75) is 37.6 Å². The number of imidazole rings is 1. The predicted molar refractivity (Wildman–Crippen MR) is 126 cm³/mol. The molecule has 1 unspecified atom stereocenters. The molecule has 0 spiro atoms. The van der Waals surface area contributed by atoms with Crippen LogP contribution in [-0.4, -0.2) is 83.1 Å². The molecule has 1 aromatic carbocycles. The quantitative estimate of drug-likeness (QED) is 0.636. The highest BCUT2D eigenvalue weighted by Crippen LogP contribution is 2.31. The molecule has 9 nitrogen and oxygen atoms in total. The van der Waals surface area contributed by atoms with Crippen LogP contribution in [0.2, 0.25) is 0 Å². The molecule has 33 heavy (non-hydrogen) atoms. The number of piperazine rings is 1. The molecule has 9 heteroatoms. The summed E-state index contributed by atoms with van der Waals surface area (Å²) in [6.07, 6.45) is 2.85. The molecule has 4 heterocycles. The number of carbonyl (C=O) groups is 2. The van der Waals surface area contributed by atoms with E-state index in [-0.39, 0.29) is 18.0 Å². The van der Waals surface area contributed by atoms with E-state index in [1.807, 2.05) is 6.07 Å². The third kappa shape index (κ3) is 4.49. The fraction of sp³-hybridized carbons (Fsp3) is 0.625. The number of nitrogens with one attached hydrogen (secondary N) is 2. The Labute approximate surface area is 193 Å². The van der Waals surface area contributed by atoms with Crippen LogP contribution in [-0.2, 0) is 16.6 Å². The summed E-state index contributed by atoms with van der Waals surface area (Å²) < 4.78 is 3.19. The van der Waals surface area contributed by atoms with Crippen LogP contribution in [0.4, 0.5) is 0 Å². The van der Waals surface area contributed by atoms with Gasteiger partial charge in [0.1, 0.15) is 6.04 Å². The predicted octanol–water partition coefficient (Wildman–Crippen LogP) is 0.402. The van der Waals surface area contributed by atoms with Gasteiger partial charge in [-0.05, 0) is 56.0 Å². The van der Waals surface area contributed by atoms with E-state index in [4.69, 9.17) is 0 Å². The minimum Gasteiger partial charge on any atom is -0.314 e. The number of carbonyl (C=O) groups excluding carboxylic acids is 2. The zero-order chi connectivity index (χ0) is 22.9. The van der Waals surface area contributed by atoms with Gasteiger partial charge in [-0.3, -0.25) is 28.9 Å². The number of aromatic nitrogens is 2. The van der Waals surface area contributed by atoms with E-state index < -0.39 is 11.9 Å². The SMILES string of the molecule is Cn1c(=O)n(C2CCC(=O)NC2=O)c2ccc(C3CCN(CCN4CCNCC4)CC3)cc21. The molecule has 0 aliphatic carbocycles. The number of aryl methyl sites for hydroxylation is 1. The smallest absolute Gasteiger partial charge is 0.314 e. The fourth-order valence-corrected chi connectivity index (χ4v) is 5.57. The van der Waals surface area contributed by atoms with Gasteiger partial charge < -0.3 is 10.2 Å². The van der Waals surface area contributed by atoms with E-state index in [2.05, 4.69) is 32.6 Å². The highest BCUT2D eigenvalue weighted by molar-refractivity contribution is 6.00. The van der Waals surface area contributed by atoms with Crippen molar-refractivity contribution < 1.29 is 9.59 Å². The Bertz CT molecular complexity index is 1090. The molecule has 2 aromatic rings. The van der Waals surface area contributed by atoms with Crippen LogP contribution in [0.25, 0.3) is 11.0 Å². The third-order valence-corrected chi connectivity index (χ3v) is 7.64. The minimum atomic E-state index is -0.635. The molecular formula is C24H34N6O3. The van der Waals surface area contributed by atoms with E-state index in [0.717, 1.165) is 76.2 Å². The molecule has 0 radical (unpaired) electrons. The highest BCUT2D eigenvalue weighted by Gasteiger charge is 2.31. The molecule has 2 N–H and O–H groups in total. The van der Waals surface area contributed by atoms with Gasteiger partial charge in [-0.2, -0.15) is 0 Å². The standard InChI is InChI=1S/C24H34N6O3/c1-27-21-16-18(17-6-10-28(11-7-17)14-15-29-12-8-25-9-13-29)2-3-19(21)30(24(27)33)20-4-5-22(31)26-23(20)32/h2-3,16-17,20,25H,4-15H2,1H3,(H,26,31,32). The lowest BCUT2D eigenvalue weighted by atomic mass is 9.89. The Hall–Kier alpha value is -2.49. The van der Waals surface area contributed by atoms with E-state index in [1.54, 1.807) is 16.2 Å². The summed E-state index contributed by atoms with van der Waals surface area (Å²) >= 11 is 0. The van der Waals surface area contributed by atoms with Crippen molar-refractivity contribution in [3.63, 3.8) is 0 Å². The summed E-state index contributed by atoms with van der Waals surface area (Å²) in [7, 11) is 1.76. The average Bonchev–Trinajstić information content (AvgIpc) is 3.08. The van der Waals surface area contributed by atoms with Crippen molar-refractivity contribution in [2.24, 2.45) is 7.05 Å². The number of benzene rings is 1. The van der Waals surface area contributed by atoms with Crippen molar-refractivity contribution in [3.8, 4) is 0 Å². The topological polar surface area (TPSA) is 91.6 Å². The summed E-state index contributed by atoms with van der Waals surface area (Å²) in [6.45, 7) is 8.97. The lowest BCUT2D eigenvalue weighted by molar-refractivity contribution is -0.135. The lowest BCUT2D eigenvalue weighted by Crippen LogP contribution is -2.47. The Morgan fingerprint density at radius 3 is 2.30 bits per heavy atom. The molecule has 0 bridgehead atoms. The summed E-state index contributed by atoms with van der Waals surface area (Å²) in [5.41, 5.74) is 2.66. The number of piperidine rings is 2. The second-order valence-electron chi connectivity index (χ2n) is 9.63. The maximum absolute atomic E-state index is 13.0. The van der Waals surface area contributed by atoms with Gasteiger partial charge in [0.05, 0.1) is 11.0 Å². The molecule has 5 rings (SSSR count). The number of amides is 2. The molecule has 3 aliphatic heterocycles. The first-order chi connectivity index (χ1) is 16.0. The zero-order valence-electron chi connectivity index (χ0n) is 19.4. The van der Waals surface area contributed by atoms with Gasteiger partial charge in [0.15, 0.2) is 0 Å². The number of hydrogen-bond acceptors (Lipinski definition) is 6. The van der Waals surface area contributed by atoms with Crippen molar-refractivity contribution in [3.05, 3.63) is 34.2 Å². The van der Waals surface area contributed by atoms with Crippen molar-refractivity contribution in [1.29, 1.82) is 0 Å². The number of hydrogen-bond donors (Lipinski definition) is 2. The molecule has 3 fully saturated rings. The van der Waals surface area contributed by atoms with Crippen molar-refractivity contribution in [1.82, 2.24) is 29.6 Å². The molecular weight excluding hydrogens is 420 g/mol. The zero-order valence-corrected chi connectivity index (χ0v) is 19.4. The van der Waals surface area contributed by atoms with E-state index in [9.17, 15) is 14.4 Å². The number of likely N-dealkylation sites (tertiary alicyclic amines) is 1. The van der Waals surface area contributed by atoms with Crippen LogP contribution in [0.5, 0.6) is 0 Å². The number of rotatable bonds is 5. The van der Waals surface area contributed by atoms with Gasteiger partial charge in [-0.1, -0.05) is 6.07 Å². The lowest BCUT2D eigenvalue weighted by Gasteiger charge is -2.34. The van der Waals surface area contributed by atoms with Crippen LogP contribution < -0.4 is 16.3 Å². The van der Waals surface area contributed by atoms with Crippen molar-refractivity contribution in [2.75, 3.05) is 52.4 Å². The Kier molecular flexibility index (Phi) is 6.36. The molecule has 3 aliphatic rings. The van der Waals surface area contributed by atoms with E-state index >= 15 is 0 Å². The summed E-state index contributed by atoms with van der Waals surface area (Å²) in [6, 6.07) is 5.58. The van der Waals surface area contributed by atoms with Gasteiger partial charge in [0, 0.05) is 52.7 Å². The van der Waals surface area contributed by atoms with Gasteiger partial charge in [0.2, 0.25) is 11.8 Å². The summed E-state index contributed by atoms with van der Waals surface area (Å²) in [5.74, 6) is -0.178. The second-order valence-corrected chi connectivity index (χ2v) is 9.63. The minimum absolute atomic E-state index is 0.209. The Morgan fingerprint density at radius 2 is 1.61 bits per heavy atom. The maximum atomic E-state index is 13.0. The monoisotopic (exact) mass is 454 g/mol. The van der Waals surface area contributed by atoms with Crippen LogP contribution in [0, 0.1) is 0 Å². The first kappa shape index (κ1) is 22.3. The first-order valence-electron chi connectivity index (χ1n) is 12.2. The number of imide groups is 1. The molecule has 1 aromatic heterocycles. The highest BCUT2D eigenvalue weighted by atomic mass is 16.2. The molecule has 0 saturated carbocycles. The Balaban J connectivity index is 1.27. The van der Waals surface area contributed by atoms with Gasteiger partial charge in [-0.15, -0.1) is 0 Å². The molecule has 3 saturated heterocycles. The summed E-state index contributed by atoms with van der Waals surface area (Å²) in [5, 5.41) is 5.78. The van der Waals surface area contributed by atoms with Gasteiger partial charge >= 0.3 is 5.69 Å². The molecule has 2 amide bonds.